The van der Waals surface area contributed by atoms with Crippen molar-refractivity contribution in [3.05, 3.63) is 82.8 Å². The number of aliphatic hydroxyl groups is 2. The van der Waals surface area contributed by atoms with Crippen molar-refractivity contribution in [3.63, 3.8) is 0 Å². The van der Waals surface area contributed by atoms with E-state index in [4.69, 9.17) is 13.9 Å². The molecule has 0 bridgehead atoms. The fourth-order valence-corrected chi connectivity index (χ4v) is 9.72. The number of carbonyl (C=O) groups is 2. The van der Waals surface area contributed by atoms with Crippen LogP contribution in [0.1, 0.15) is 61.9 Å². The van der Waals surface area contributed by atoms with Crippen LogP contribution in [0.4, 0.5) is 8.78 Å². The van der Waals surface area contributed by atoms with Crippen LogP contribution in [0.15, 0.2) is 64.8 Å². The number of aliphatic hydroxyl groups excluding tert-OH is 2. The van der Waals surface area contributed by atoms with Crippen LogP contribution in [0.25, 0.3) is 0 Å². The Morgan fingerprint density at radius 1 is 1.10 bits per heavy atom. The van der Waals surface area contributed by atoms with Gasteiger partial charge in [0.2, 0.25) is 6.29 Å². The molecule has 4 fully saturated rings. The van der Waals surface area contributed by atoms with E-state index in [0.717, 1.165) is 22.8 Å². The average Bonchev–Trinajstić information content (AvgIpc) is 3.72. The Hall–Kier alpha value is -2.87. The van der Waals surface area contributed by atoms with Crippen molar-refractivity contribution < 1.29 is 61.3 Å². The first kappa shape index (κ1) is 33.6. The largest absolute Gasteiger partial charge is 0.470 e. The molecule has 11 nitrogen and oxygen atoms in total. The van der Waals surface area contributed by atoms with Gasteiger partial charge < -0.3 is 33.9 Å². The topological polar surface area (TPSA) is 173 Å². The molecule has 7 rings (SSSR count). The lowest BCUT2D eigenvalue weighted by atomic mass is 9.44. The van der Waals surface area contributed by atoms with Gasteiger partial charge >= 0.3 is 7.82 Å². The summed E-state index contributed by atoms with van der Waals surface area (Å²) in [5, 5.41) is 21.0. The van der Waals surface area contributed by atoms with Crippen molar-refractivity contribution in [3.8, 4) is 0 Å². The Morgan fingerprint density at radius 3 is 2.50 bits per heavy atom. The molecule has 48 heavy (non-hydrogen) atoms. The van der Waals surface area contributed by atoms with Crippen molar-refractivity contribution >= 4 is 19.4 Å². The van der Waals surface area contributed by atoms with Gasteiger partial charge in [0, 0.05) is 23.2 Å². The van der Waals surface area contributed by atoms with Gasteiger partial charge in [-0.25, -0.2) is 13.3 Å². The minimum atomic E-state index is -5.10. The van der Waals surface area contributed by atoms with Crippen molar-refractivity contribution in [2.75, 3.05) is 6.61 Å². The molecule has 1 aliphatic heterocycles. The zero-order valence-electron chi connectivity index (χ0n) is 26.3. The van der Waals surface area contributed by atoms with Gasteiger partial charge in [-0.2, -0.15) is 0 Å². The highest BCUT2D eigenvalue weighted by Gasteiger charge is 2.80. The monoisotopic (exact) mass is 690 g/mol. The molecule has 1 aromatic heterocycles. The number of hydrogen-bond acceptors (Lipinski definition) is 9. The molecule has 0 amide bonds. The maximum absolute atomic E-state index is 17.7. The van der Waals surface area contributed by atoms with Gasteiger partial charge in [0.15, 0.2) is 28.6 Å². The van der Waals surface area contributed by atoms with Gasteiger partial charge in [0.1, 0.15) is 12.8 Å². The highest BCUT2D eigenvalue weighted by molar-refractivity contribution is 7.46. The highest BCUT2D eigenvalue weighted by atomic mass is 31.2. The van der Waals surface area contributed by atoms with Gasteiger partial charge in [0.05, 0.1) is 25.1 Å². The Balaban J connectivity index is 1.23. The molecule has 4 aliphatic carbocycles. The normalized spacial score (nSPS) is 40.2. The molecule has 0 spiro atoms. The predicted molar refractivity (Wildman–Crippen MR) is 162 cm³/mol. The van der Waals surface area contributed by atoms with Crippen LogP contribution in [-0.2, 0) is 41.2 Å². The number of phosphoric acid groups is 1. The first-order valence-electron chi connectivity index (χ1n) is 15.8. The number of carbonyl (C=O) groups excluding carboxylic acids is 2. The molecule has 1 aromatic carbocycles. The lowest BCUT2D eigenvalue weighted by Crippen LogP contribution is -2.70. The van der Waals surface area contributed by atoms with Gasteiger partial charge in [0.25, 0.3) is 0 Å². The number of rotatable bonds is 8. The van der Waals surface area contributed by atoms with E-state index in [-0.39, 0.29) is 37.2 Å². The molecule has 5 aliphatic rings. The number of ether oxygens (including phenoxy) is 2. The second kappa shape index (κ2) is 11.3. The summed E-state index contributed by atoms with van der Waals surface area (Å²) in [5.74, 6) is -3.06. The van der Waals surface area contributed by atoms with E-state index < -0.39 is 84.6 Å². The summed E-state index contributed by atoms with van der Waals surface area (Å²) in [7, 11) is -5.10. The summed E-state index contributed by atoms with van der Waals surface area (Å²) >= 11 is 0. The molecule has 2 aromatic rings. The van der Waals surface area contributed by atoms with Crippen LogP contribution >= 0.6 is 7.82 Å². The standard InChI is InChI=1S/C34H37F2O11P/c1-31-8-7-21(38)11-24(31)25(35)12-23-22-13-29-34(28(40)17-45-48(41,42)43,32(22,2)14-27(39)33(23,31)36)47-30(46-29)26-10-20(16-44-26)9-18-3-5-19(15-37)6-4-18/h3-8,10-11,16,22-23,25,27,29-30,37,39H,9,12-15,17H2,1-2H3,(H2,41,42,43)/t22-,23-,25-,27-,29+,30+,31-,32-,33-,34+/m0/s1. The van der Waals surface area contributed by atoms with E-state index >= 15 is 8.78 Å². The zero-order valence-corrected chi connectivity index (χ0v) is 27.1. The molecular weight excluding hydrogens is 653 g/mol. The van der Waals surface area contributed by atoms with Crippen LogP contribution in [0.3, 0.4) is 0 Å². The second-order valence-corrected chi connectivity index (χ2v) is 15.3. The number of alkyl halides is 2. The fraction of sp³-hybridized carbons (Fsp3) is 0.529. The van der Waals surface area contributed by atoms with Crippen LogP contribution in [0.2, 0.25) is 0 Å². The molecule has 2 heterocycles. The van der Waals surface area contributed by atoms with E-state index in [9.17, 15) is 34.2 Å². The van der Waals surface area contributed by atoms with Crippen molar-refractivity contribution in [2.45, 2.75) is 82.1 Å². The third-order valence-corrected chi connectivity index (χ3v) is 12.1. The second-order valence-electron chi connectivity index (χ2n) is 14.1. The molecule has 3 saturated carbocycles. The van der Waals surface area contributed by atoms with Gasteiger partial charge in [-0.1, -0.05) is 37.3 Å². The molecule has 1 saturated heterocycles. The third-order valence-electron chi connectivity index (χ3n) is 11.7. The fourth-order valence-electron chi connectivity index (χ4n) is 9.43. The molecule has 0 radical (unpaired) electrons. The van der Waals surface area contributed by atoms with Crippen molar-refractivity contribution in [2.24, 2.45) is 22.7 Å². The minimum absolute atomic E-state index is 0.00692. The number of allylic oxidation sites excluding steroid dienone is 4. The lowest BCUT2D eigenvalue weighted by Gasteiger charge is -2.63. The van der Waals surface area contributed by atoms with E-state index in [1.54, 1.807) is 25.1 Å². The van der Waals surface area contributed by atoms with Crippen LogP contribution < -0.4 is 0 Å². The van der Waals surface area contributed by atoms with Gasteiger partial charge in [-0.3, -0.25) is 14.1 Å². The minimum Gasteiger partial charge on any atom is -0.464 e. The number of halogens is 2. The Kier molecular flexibility index (Phi) is 7.93. The number of benzene rings is 1. The summed E-state index contributed by atoms with van der Waals surface area (Å²) in [6.45, 7) is 1.96. The molecule has 4 N–H and O–H groups in total. The molecular formula is C34H37F2O11P. The lowest BCUT2D eigenvalue weighted by molar-refractivity contribution is -0.236. The summed E-state index contributed by atoms with van der Waals surface area (Å²) in [4.78, 5) is 45.1. The number of fused-ring (bicyclic) bond motifs is 7. The number of hydrogen-bond donors (Lipinski definition) is 4. The molecule has 258 valence electrons. The zero-order chi connectivity index (χ0) is 34.4. The summed E-state index contributed by atoms with van der Waals surface area (Å²) < 4.78 is 68.4. The molecule has 14 heteroatoms. The molecule has 0 unspecified atom stereocenters. The van der Waals surface area contributed by atoms with Crippen molar-refractivity contribution in [1.29, 1.82) is 0 Å². The van der Waals surface area contributed by atoms with Crippen molar-refractivity contribution in [1.82, 2.24) is 0 Å². The van der Waals surface area contributed by atoms with Crippen LogP contribution in [-0.4, -0.2) is 67.8 Å². The maximum Gasteiger partial charge on any atom is 0.470 e. The summed E-state index contributed by atoms with van der Waals surface area (Å²) in [6, 6.07) is 9.03. The summed E-state index contributed by atoms with van der Waals surface area (Å²) in [6.07, 6.45) is -0.922. The number of Topliss-reactive ketones (excluding diaryl/α,β-unsaturated/α-hetero) is 1. The average molecular weight is 691 g/mol. The first-order valence-corrected chi connectivity index (χ1v) is 17.4. The third kappa shape index (κ3) is 4.81. The predicted octanol–water partition coefficient (Wildman–Crippen LogP) is 4.12. The molecule has 10 atom stereocenters. The Labute approximate surface area is 274 Å². The van der Waals surface area contributed by atoms with E-state index in [2.05, 4.69) is 4.52 Å². The number of phosphoric ester groups is 1. The van der Waals surface area contributed by atoms with E-state index in [1.807, 2.05) is 12.1 Å². The van der Waals surface area contributed by atoms with Crippen LogP contribution in [0.5, 0.6) is 0 Å². The van der Waals surface area contributed by atoms with Gasteiger partial charge in [-0.15, -0.1) is 0 Å². The smallest absolute Gasteiger partial charge is 0.464 e. The van der Waals surface area contributed by atoms with Gasteiger partial charge in [-0.05, 0) is 72.6 Å². The van der Waals surface area contributed by atoms with E-state index in [0.29, 0.717) is 6.42 Å². The van der Waals surface area contributed by atoms with E-state index in [1.165, 1.54) is 25.3 Å². The van der Waals surface area contributed by atoms with Crippen LogP contribution in [0, 0.1) is 22.7 Å². The SMILES string of the molecule is C[C@]12C=CC(=O)C=C1[C@@H](F)C[C@H]1[C@@H]3C[C@H]4O[C@@H](c5cc(Cc6ccc(CO)cc6)co5)O[C@@]4(C(=O)COP(=O)(O)O)[C@@]3(C)C[C@H](O)[C@@]12F. The summed E-state index contributed by atoms with van der Waals surface area (Å²) in [5.41, 5.74) is -5.03. The Morgan fingerprint density at radius 2 is 1.81 bits per heavy atom. The number of ketones is 2. The number of furan rings is 1. The first-order chi connectivity index (χ1) is 22.6. The Bertz CT molecular complexity index is 1750. The highest BCUT2D eigenvalue weighted by Crippen LogP contribution is 2.72. The maximum atomic E-state index is 17.7. The quantitative estimate of drug-likeness (QED) is 0.294.